The van der Waals surface area contributed by atoms with Crippen LogP contribution < -0.4 is 10.1 Å². The molecule has 0 bridgehead atoms. The summed E-state index contributed by atoms with van der Waals surface area (Å²) < 4.78 is 10.8. The average molecular weight is 447 g/mol. The van der Waals surface area contributed by atoms with Gasteiger partial charge in [-0.2, -0.15) is 0 Å². The number of rotatable bonds is 8. The lowest BCUT2D eigenvalue weighted by Crippen LogP contribution is -2.46. The minimum atomic E-state index is -0.833. The Balaban J connectivity index is 1.73. The first-order chi connectivity index (χ1) is 16.2. The number of carbonyl (C=O) groups is 2. The topological polar surface area (TPSA) is 71.8 Å². The van der Waals surface area contributed by atoms with Crippen LogP contribution in [0.4, 0.5) is 0 Å². The van der Waals surface area contributed by atoms with Gasteiger partial charge < -0.3 is 19.4 Å². The number of nitrogens with zero attached hydrogens (tertiary/aromatic N) is 1. The Morgan fingerprint density at radius 2 is 1.82 bits per heavy atom. The predicted molar refractivity (Wildman–Crippen MR) is 126 cm³/mol. The quantitative estimate of drug-likeness (QED) is 0.521. The third-order valence-electron chi connectivity index (χ3n) is 6.11. The fourth-order valence-corrected chi connectivity index (χ4v) is 4.41. The van der Waals surface area contributed by atoms with Gasteiger partial charge in [-0.15, -0.1) is 0 Å². The number of carbonyl (C=O) groups excluding carboxylic acids is 2. The molecule has 1 saturated carbocycles. The molecule has 33 heavy (non-hydrogen) atoms. The van der Waals surface area contributed by atoms with Gasteiger partial charge in [-0.05, 0) is 48.2 Å². The lowest BCUT2D eigenvalue weighted by molar-refractivity contribution is -0.127. The zero-order valence-electron chi connectivity index (χ0n) is 18.9. The van der Waals surface area contributed by atoms with Crippen molar-refractivity contribution in [3.05, 3.63) is 89.9 Å². The molecule has 0 radical (unpaired) electrons. The molecule has 2 amide bonds. The average Bonchev–Trinajstić information content (AvgIpc) is 3.40. The van der Waals surface area contributed by atoms with Crippen molar-refractivity contribution in [3.63, 3.8) is 0 Å². The minimum Gasteiger partial charge on any atom is -0.497 e. The first-order valence-corrected chi connectivity index (χ1v) is 11.5. The van der Waals surface area contributed by atoms with Crippen LogP contribution in [0.1, 0.15) is 59.8 Å². The molecule has 6 heteroatoms. The Labute approximate surface area is 194 Å². The highest BCUT2D eigenvalue weighted by Gasteiger charge is 2.34. The summed E-state index contributed by atoms with van der Waals surface area (Å²) in [4.78, 5) is 28.9. The van der Waals surface area contributed by atoms with Gasteiger partial charge in [0.1, 0.15) is 11.8 Å². The number of ether oxygens (including phenoxy) is 1. The third-order valence-corrected chi connectivity index (χ3v) is 6.11. The molecular weight excluding hydrogens is 416 g/mol. The van der Waals surface area contributed by atoms with Crippen molar-refractivity contribution in [1.29, 1.82) is 0 Å². The molecule has 1 N–H and O–H groups in total. The summed E-state index contributed by atoms with van der Waals surface area (Å²) in [6.45, 7) is 0.264. The molecule has 0 spiro atoms. The molecule has 6 nitrogen and oxygen atoms in total. The van der Waals surface area contributed by atoms with Crippen LogP contribution in [0.15, 0.2) is 77.4 Å². The zero-order chi connectivity index (χ0) is 23.0. The van der Waals surface area contributed by atoms with Crippen molar-refractivity contribution in [2.75, 3.05) is 7.11 Å². The van der Waals surface area contributed by atoms with Crippen molar-refractivity contribution in [2.24, 2.45) is 0 Å². The lowest BCUT2D eigenvalue weighted by Gasteiger charge is -2.33. The van der Waals surface area contributed by atoms with Gasteiger partial charge in [-0.25, -0.2) is 0 Å². The van der Waals surface area contributed by atoms with E-state index in [1.807, 2.05) is 54.6 Å². The molecule has 4 rings (SSSR count). The van der Waals surface area contributed by atoms with E-state index in [1.165, 1.54) is 12.7 Å². The van der Waals surface area contributed by atoms with E-state index in [4.69, 9.17) is 9.15 Å². The molecule has 1 atom stereocenters. The van der Waals surface area contributed by atoms with Gasteiger partial charge in [-0.3, -0.25) is 9.59 Å². The van der Waals surface area contributed by atoms with Crippen LogP contribution in [0.2, 0.25) is 0 Å². The van der Waals surface area contributed by atoms with E-state index in [0.29, 0.717) is 11.3 Å². The van der Waals surface area contributed by atoms with Crippen LogP contribution in [0.5, 0.6) is 5.75 Å². The second-order valence-electron chi connectivity index (χ2n) is 8.42. The smallest absolute Gasteiger partial charge is 0.290 e. The molecule has 1 aromatic heterocycles. The molecule has 1 aliphatic carbocycles. The molecule has 1 fully saturated rings. The Morgan fingerprint density at radius 1 is 1.03 bits per heavy atom. The summed E-state index contributed by atoms with van der Waals surface area (Å²) >= 11 is 0. The Morgan fingerprint density at radius 3 is 2.52 bits per heavy atom. The second-order valence-corrected chi connectivity index (χ2v) is 8.42. The summed E-state index contributed by atoms with van der Waals surface area (Å²) in [6, 6.07) is 19.6. The summed E-state index contributed by atoms with van der Waals surface area (Å²) in [5, 5.41) is 3.22. The standard InChI is InChI=1S/C27H30N2O4/c1-32-23-15-8-12-21(18-23)25(26(30)28-22-13-6-3-7-14-22)29(19-20-10-4-2-5-11-20)27(31)24-16-9-17-33-24/h2,4-5,8-12,15-18,22,25H,3,6-7,13-14,19H2,1H3,(H,28,30). The van der Waals surface area contributed by atoms with E-state index < -0.39 is 6.04 Å². The van der Waals surface area contributed by atoms with Gasteiger partial charge in [-0.1, -0.05) is 61.7 Å². The number of furan rings is 1. The number of hydrogen-bond donors (Lipinski definition) is 1. The predicted octanol–water partition coefficient (Wildman–Crippen LogP) is 5.12. The molecule has 1 aliphatic rings. The SMILES string of the molecule is COc1cccc(C(C(=O)NC2CCCCC2)N(Cc2ccccc2)C(=O)c2ccco2)c1. The van der Waals surface area contributed by atoms with Crippen LogP contribution in [0, 0.1) is 0 Å². The van der Waals surface area contributed by atoms with Gasteiger partial charge in [0.05, 0.1) is 13.4 Å². The Kier molecular flexibility index (Phi) is 7.45. The van der Waals surface area contributed by atoms with E-state index in [9.17, 15) is 9.59 Å². The van der Waals surface area contributed by atoms with E-state index >= 15 is 0 Å². The Hall–Kier alpha value is -3.54. The fourth-order valence-electron chi connectivity index (χ4n) is 4.41. The van der Waals surface area contributed by atoms with Gasteiger partial charge in [0.25, 0.3) is 5.91 Å². The first kappa shape index (κ1) is 22.6. The Bertz CT molecular complexity index is 1040. The minimum absolute atomic E-state index is 0.122. The number of amides is 2. The summed E-state index contributed by atoms with van der Waals surface area (Å²) in [7, 11) is 1.59. The highest BCUT2D eigenvalue weighted by molar-refractivity contribution is 5.96. The van der Waals surface area contributed by atoms with E-state index in [2.05, 4.69) is 5.32 Å². The van der Waals surface area contributed by atoms with Crippen LogP contribution in [-0.4, -0.2) is 29.9 Å². The first-order valence-electron chi connectivity index (χ1n) is 11.5. The maximum atomic E-state index is 13.7. The zero-order valence-corrected chi connectivity index (χ0v) is 18.9. The van der Waals surface area contributed by atoms with E-state index in [0.717, 1.165) is 31.2 Å². The third kappa shape index (κ3) is 5.64. The summed E-state index contributed by atoms with van der Waals surface area (Å²) in [5.74, 6) is 0.304. The maximum Gasteiger partial charge on any atom is 0.290 e. The lowest BCUT2D eigenvalue weighted by atomic mass is 9.94. The van der Waals surface area contributed by atoms with Crippen LogP contribution in [0.25, 0.3) is 0 Å². The largest absolute Gasteiger partial charge is 0.497 e. The van der Waals surface area contributed by atoms with E-state index in [1.54, 1.807) is 24.1 Å². The van der Waals surface area contributed by atoms with Gasteiger partial charge in [0.15, 0.2) is 5.76 Å². The molecular formula is C27H30N2O4. The van der Waals surface area contributed by atoms with Crippen LogP contribution >= 0.6 is 0 Å². The number of methoxy groups -OCH3 is 1. The number of hydrogen-bond acceptors (Lipinski definition) is 4. The van der Waals surface area contributed by atoms with Crippen molar-refractivity contribution in [1.82, 2.24) is 10.2 Å². The van der Waals surface area contributed by atoms with Crippen molar-refractivity contribution >= 4 is 11.8 Å². The normalized spacial score (nSPS) is 14.9. The van der Waals surface area contributed by atoms with Crippen molar-refractivity contribution < 1.29 is 18.7 Å². The highest BCUT2D eigenvalue weighted by atomic mass is 16.5. The van der Waals surface area contributed by atoms with Crippen molar-refractivity contribution in [2.45, 2.75) is 50.7 Å². The molecule has 0 aliphatic heterocycles. The second kappa shape index (κ2) is 10.9. The number of nitrogens with one attached hydrogen (secondary N) is 1. The molecule has 0 saturated heterocycles. The molecule has 1 heterocycles. The van der Waals surface area contributed by atoms with Crippen LogP contribution in [0.3, 0.4) is 0 Å². The van der Waals surface area contributed by atoms with Crippen LogP contribution in [-0.2, 0) is 11.3 Å². The summed E-state index contributed by atoms with van der Waals surface area (Å²) in [6.07, 6.45) is 6.80. The highest BCUT2D eigenvalue weighted by Crippen LogP contribution is 2.29. The molecule has 1 unspecified atom stereocenters. The monoisotopic (exact) mass is 446 g/mol. The van der Waals surface area contributed by atoms with Gasteiger partial charge in [0, 0.05) is 12.6 Å². The molecule has 3 aromatic rings. The fraction of sp³-hybridized carbons (Fsp3) is 0.333. The van der Waals surface area contributed by atoms with Crippen molar-refractivity contribution in [3.8, 4) is 5.75 Å². The maximum absolute atomic E-state index is 13.7. The molecule has 172 valence electrons. The molecule has 2 aromatic carbocycles. The van der Waals surface area contributed by atoms with E-state index in [-0.39, 0.29) is 30.2 Å². The van der Waals surface area contributed by atoms with Gasteiger partial charge >= 0.3 is 0 Å². The summed E-state index contributed by atoms with van der Waals surface area (Å²) in [5.41, 5.74) is 1.62. The van der Waals surface area contributed by atoms with Gasteiger partial charge in [0.2, 0.25) is 5.91 Å². The number of benzene rings is 2.